The number of carbonyl (C=O) groups excluding carboxylic acids is 2. The third-order valence-corrected chi connectivity index (χ3v) is 6.80. The average Bonchev–Trinajstić information content (AvgIpc) is 3.28. The number of rotatable bonds is 5. The van der Waals surface area contributed by atoms with Crippen molar-refractivity contribution in [1.82, 2.24) is 19.7 Å². The number of phenols is 1. The van der Waals surface area contributed by atoms with Gasteiger partial charge in [-0.15, -0.1) is 0 Å². The molecule has 2 aliphatic rings. The summed E-state index contributed by atoms with van der Waals surface area (Å²) in [5, 5.41) is 9.86. The topological polar surface area (TPSA) is 79.9 Å². The van der Waals surface area contributed by atoms with Gasteiger partial charge >= 0.3 is 12.2 Å². The normalized spacial score (nSPS) is 20.0. The van der Waals surface area contributed by atoms with Crippen molar-refractivity contribution in [3.63, 3.8) is 0 Å². The van der Waals surface area contributed by atoms with Crippen LogP contribution in [0.1, 0.15) is 34.8 Å². The van der Waals surface area contributed by atoms with Crippen molar-refractivity contribution in [3.05, 3.63) is 64.6 Å². The van der Waals surface area contributed by atoms with Gasteiger partial charge in [-0.25, -0.2) is 9.18 Å². The Hall–Kier alpha value is -3.60. The van der Waals surface area contributed by atoms with E-state index in [1.165, 1.54) is 17.0 Å². The fourth-order valence-corrected chi connectivity index (χ4v) is 5.24. The van der Waals surface area contributed by atoms with E-state index in [1.54, 1.807) is 12.1 Å². The molecule has 3 heterocycles. The van der Waals surface area contributed by atoms with Crippen LogP contribution in [0.3, 0.4) is 0 Å². The summed E-state index contributed by atoms with van der Waals surface area (Å²) in [4.78, 5) is 34.3. The van der Waals surface area contributed by atoms with Crippen LogP contribution in [0.25, 0.3) is 10.9 Å². The summed E-state index contributed by atoms with van der Waals surface area (Å²) in [6.07, 6.45) is -4.48. The van der Waals surface area contributed by atoms with Crippen molar-refractivity contribution in [2.45, 2.75) is 31.1 Å². The lowest BCUT2D eigenvalue weighted by atomic mass is 9.88. The summed E-state index contributed by atoms with van der Waals surface area (Å²) in [7, 11) is 3.74. The number of hydrogen-bond acceptors (Lipinski definition) is 4. The molecule has 2 aromatic carbocycles. The number of nitrogens with one attached hydrogen (secondary N) is 1. The van der Waals surface area contributed by atoms with Crippen LogP contribution >= 0.6 is 0 Å². The molecule has 0 spiro atoms. The number of halogens is 4. The number of alkyl halides is 3. The second-order valence-electron chi connectivity index (χ2n) is 9.42. The first kappa shape index (κ1) is 24.1. The first-order chi connectivity index (χ1) is 17.0. The molecule has 0 saturated carbocycles. The number of aromatic nitrogens is 1. The fourth-order valence-electron chi connectivity index (χ4n) is 5.24. The summed E-state index contributed by atoms with van der Waals surface area (Å²) in [6, 6.07) is 5.43. The molecular formula is C25H24F4N4O3. The zero-order valence-corrected chi connectivity index (χ0v) is 19.6. The Morgan fingerprint density at radius 1 is 1.17 bits per heavy atom. The summed E-state index contributed by atoms with van der Waals surface area (Å²) in [6.45, 7) is 0.823. The van der Waals surface area contributed by atoms with Crippen molar-refractivity contribution in [3.8, 4) is 5.75 Å². The van der Waals surface area contributed by atoms with E-state index in [9.17, 15) is 27.9 Å². The van der Waals surface area contributed by atoms with E-state index in [1.807, 2.05) is 19.0 Å². The molecule has 3 aromatic rings. The van der Waals surface area contributed by atoms with E-state index in [0.717, 1.165) is 11.0 Å². The molecule has 0 bridgehead atoms. The second-order valence-corrected chi connectivity index (χ2v) is 9.42. The lowest BCUT2D eigenvalue weighted by Gasteiger charge is -2.36. The smallest absolute Gasteiger partial charge is 0.419 e. The average molecular weight is 504 g/mol. The summed E-state index contributed by atoms with van der Waals surface area (Å²) in [5.74, 6) is -1.98. The Labute approximate surface area is 203 Å². The van der Waals surface area contributed by atoms with Gasteiger partial charge in [-0.3, -0.25) is 14.6 Å². The van der Waals surface area contributed by atoms with Crippen molar-refractivity contribution >= 4 is 22.8 Å². The predicted molar refractivity (Wildman–Crippen MR) is 123 cm³/mol. The van der Waals surface area contributed by atoms with Gasteiger partial charge in [-0.1, -0.05) is 12.1 Å². The van der Waals surface area contributed by atoms with Gasteiger partial charge in [0, 0.05) is 29.6 Å². The van der Waals surface area contributed by atoms with E-state index < -0.39 is 41.6 Å². The van der Waals surface area contributed by atoms with Crippen molar-refractivity contribution in [2.24, 2.45) is 0 Å². The van der Waals surface area contributed by atoms with Gasteiger partial charge in [-0.05, 0) is 62.5 Å². The van der Waals surface area contributed by atoms with Crippen LogP contribution in [0.15, 0.2) is 36.4 Å². The molecule has 5 rings (SSSR count). The SMILES string of the molecule is CN(C)CCCN1C(=O)C2Cc3c([nH]c4ccc(C(F)(F)F)c(F)c34)C(c3cccc(O)c3)N2C1=O. The molecule has 7 nitrogen and oxygen atoms in total. The highest BCUT2D eigenvalue weighted by Gasteiger charge is 2.52. The number of nitrogens with zero attached hydrogens (tertiary/aromatic N) is 3. The number of imide groups is 1. The third kappa shape index (κ3) is 3.78. The molecule has 36 heavy (non-hydrogen) atoms. The van der Waals surface area contributed by atoms with Crippen molar-refractivity contribution in [1.29, 1.82) is 0 Å². The maximum atomic E-state index is 15.3. The van der Waals surface area contributed by atoms with Gasteiger partial charge in [0.05, 0.1) is 5.56 Å². The second kappa shape index (κ2) is 8.51. The Morgan fingerprint density at radius 2 is 1.92 bits per heavy atom. The van der Waals surface area contributed by atoms with Gasteiger partial charge in [0.2, 0.25) is 0 Å². The minimum absolute atomic E-state index is 0.0846. The zero-order valence-electron chi connectivity index (χ0n) is 19.6. The molecule has 2 aliphatic heterocycles. The van der Waals surface area contributed by atoms with E-state index >= 15 is 4.39 Å². The highest BCUT2D eigenvalue weighted by atomic mass is 19.4. The Morgan fingerprint density at radius 3 is 2.58 bits per heavy atom. The Balaban J connectivity index is 1.67. The van der Waals surface area contributed by atoms with E-state index in [4.69, 9.17) is 0 Å². The fraction of sp³-hybridized carbons (Fsp3) is 0.360. The monoisotopic (exact) mass is 504 g/mol. The summed E-state index contributed by atoms with van der Waals surface area (Å²) >= 11 is 0. The van der Waals surface area contributed by atoms with Gasteiger partial charge < -0.3 is 15.0 Å². The van der Waals surface area contributed by atoms with Crippen LogP contribution in [0.5, 0.6) is 5.75 Å². The first-order valence-corrected chi connectivity index (χ1v) is 11.5. The molecule has 2 atom stereocenters. The van der Waals surface area contributed by atoms with Gasteiger partial charge in [0.1, 0.15) is 23.7 Å². The van der Waals surface area contributed by atoms with Crippen LogP contribution in [-0.2, 0) is 17.4 Å². The molecule has 11 heteroatoms. The predicted octanol–water partition coefficient (Wildman–Crippen LogP) is 4.26. The maximum absolute atomic E-state index is 15.3. The molecule has 1 aromatic heterocycles. The Bertz CT molecular complexity index is 1370. The minimum Gasteiger partial charge on any atom is -0.508 e. The zero-order chi connectivity index (χ0) is 25.9. The molecule has 0 radical (unpaired) electrons. The number of benzene rings is 2. The van der Waals surface area contributed by atoms with Crippen molar-refractivity contribution < 1.29 is 32.3 Å². The number of amides is 3. The first-order valence-electron chi connectivity index (χ1n) is 11.5. The molecule has 1 saturated heterocycles. The number of phenolic OH excluding ortho intramolecular Hbond substituents is 1. The van der Waals surface area contributed by atoms with Crippen LogP contribution in [0, 0.1) is 5.82 Å². The molecule has 0 aliphatic carbocycles. The highest BCUT2D eigenvalue weighted by Crippen LogP contribution is 2.46. The van der Waals surface area contributed by atoms with Crippen LogP contribution in [0.4, 0.5) is 22.4 Å². The molecule has 190 valence electrons. The largest absolute Gasteiger partial charge is 0.508 e. The van der Waals surface area contributed by atoms with E-state index in [2.05, 4.69) is 4.98 Å². The minimum atomic E-state index is -4.89. The number of aromatic amines is 1. The molecular weight excluding hydrogens is 480 g/mol. The molecule has 2 unspecified atom stereocenters. The molecule has 3 amide bonds. The number of H-pyrrole nitrogens is 1. The Kier molecular flexibility index (Phi) is 5.70. The van der Waals surface area contributed by atoms with Gasteiger partial charge in [0.15, 0.2) is 0 Å². The lowest BCUT2D eigenvalue weighted by Crippen LogP contribution is -2.44. The van der Waals surface area contributed by atoms with E-state index in [-0.39, 0.29) is 35.2 Å². The number of urea groups is 1. The number of fused-ring (bicyclic) bond motifs is 4. The number of hydrogen-bond donors (Lipinski definition) is 2. The van der Waals surface area contributed by atoms with Gasteiger partial charge in [-0.2, -0.15) is 13.2 Å². The van der Waals surface area contributed by atoms with Crippen molar-refractivity contribution in [2.75, 3.05) is 27.2 Å². The molecule has 1 fully saturated rings. The van der Waals surface area contributed by atoms with E-state index in [0.29, 0.717) is 30.3 Å². The summed E-state index contributed by atoms with van der Waals surface area (Å²) in [5.41, 5.74) is -0.270. The van der Waals surface area contributed by atoms with Crippen LogP contribution < -0.4 is 0 Å². The van der Waals surface area contributed by atoms with Gasteiger partial charge in [0.25, 0.3) is 5.91 Å². The quantitative estimate of drug-likeness (QED) is 0.402. The van der Waals surface area contributed by atoms with Crippen LogP contribution in [-0.4, -0.2) is 70.0 Å². The highest BCUT2D eigenvalue weighted by molar-refractivity contribution is 6.05. The summed E-state index contributed by atoms with van der Waals surface area (Å²) < 4.78 is 55.6. The molecule has 2 N–H and O–H groups in total. The number of aromatic hydroxyl groups is 1. The standard InChI is InChI=1S/C25H24F4N4O3/c1-31(2)9-4-10-32-23(35)18-12-15-19-17(8-7-16(20(19)26)25(27,28)29)30-21(15)22(33(18)24(32)36)13-5-3-6-14(34)11-13/h3,5-8,11,18,22,30,34H,4,9-10,12H2,1-2H3. The lowest BCUT2D eigenvalue weighted by molar-refractivity contribution is -0.139. The number of carbonyl (C=O) groups is 2. The van der Waals surface area contributed by atoms with Crippen LogP contribution in [0.2, 0.25) is 0 Å². The maximum Gasteiger partial charge on any atom is 0.419 e. The third-order valence-electron chi connectivity index (χ3n) is 6.80.